The first-order valence-electron chi connectivity index (χ1n) is 8.29. The lowest BCUT2D eigenvalue weighted by Crippen LogP contribution is -2.44. The highest BCUT2D eigenvalue weighted by Crippen LogP contribution is 2.45. The number of aliphatic carboxylic acids is 1. The molecule has 2 heterocycles. The Kier molecular flexibility index (Phi) is 4.60. The van der Waals surface area contributed by atoms with E-state index in [1.807, 2.05) is 12.1 Å². The fraction of sp³-hybridized carbons (Fsp3) is 0.611. The Morgan fingerprint density at radius 3 is 2.52 bits per heavy atom. The Bertz CT molecular complexity index is 550. The summed E-state index contributed by atoms with van der Waals surface area (Å²) in [5, 5.41) is 9.69. The van der Waals surface area contributed by atoms with Crippen LogP contribution in [0.15, 0.2) is 24.3 Å². The smallest absolute Gasteiger partial charge is 0.308 e. The van der Waals surface area contributed by atoms with Gasteiger partial charge in [0.2, 0.25) is 0 Å². The second-order valence-electron chi connectivity index (χ2n) is 7.07. The summed E-state index contributed by atoms with van der Waals surface area (Å²) >= 11 is 0. The first kappa shape index (κ1) is 16.3. The van der Waals surface area contributed by atoms with Crippen LogP contribution in [0.1, 0.15) is 18.4 Å². The highest BCUT2D eigenvalue weighted by atomic mass is 16.5. The fourth-order valence-corrected chi connectivity index (χ4v) is 4.09. The molecular formula is C18H26N2O3. The number of carbonyl (C=O) groups is 1. The lowest BCUT2D eigenvalue weighted by atomic mass is 9.71. The molecule has 2 fully saturated rings. The van der Waals surface area contributed by atoms with Gasteiger partial charge in [-0.25, -0.2) is 0 Å². The molecule has 0 amide bonds. The van der Waals surface area contributed by atoms with Crippen LogP contribution in [0.4, 0.5) is 0 Å². The molecule has 126 valence electrons. The number of hydrogen-bond donors (Lipinski definition) is 1. The third kappa shape index (κ3) is 3.35. The molecule has 1 N–H and O–H groups in total. The van der Waals surface area contributed by atoms with Crippen molar-refractivity contribution < 1.29 is 14.6 Å². The highest BCUT2D eigenvalue weighted by molar-refractivity contribution is 5.72. The summed E-state index contributed by atoms with van der Waals surface area (Å²) in [5.41, 5.74) is 1.16. The van der Waals surface area contributed by atoms with Crippen molar-refractivity contribution in [3.8, 4) is 5.75 Å². The minimum atomic E-state index is -0.633. The van der Waals surface area contributed by atoms with Crippen LogP contribution in [0.5, 0.6) is 5.75 Å². The zero-order chi connectivity index (χ0) is 16.4. The molecule has 3 rings (SSSR count). The molecule has 0 radical (unpaired) electrons. The summed E-state index contributed by atoms with van der Waals surface area (Å²) in [5.74, 6) is -0.0217. The molecule has 5 nitrogen and oxygen atoms in total. The van der Waals surface area contributed by atoms with E-state index < -0.39 is 5.97 Å². The van der Waals surface area contributed by atoms with Crippen LogP contribution in [-0.2, 0) is 11.3 Å². The average molecular weight is 318 g/mol. The van der Waals surface area contributed by atoms with Crippen molar-refractivity contribution in [3.05, 3.63) is 29.8 Å². The molecule has 0 bridgehead atoms. The fourth-order valence-electron chi connectivity index (χ4n) is 4.09. The SMILES string of the molecule is COc1ccc(CN2C[C@@H](C(=O)O)C3(CCN(C)CC3)C2)cc1. The van der Waals surface area contributed by atoms with Crippen molar-refractivity contribution in [2.75, 3.05) is 40.3 Å². The van der Waals surface area contributed by atoms with Crippen LogP contribution >= 0.6 is 0 Å². The number of piperidine rings is 1. The zero-order valence-corrected chi connectivity index (χ0v) is 14.0. The van der Waals surface area contributed by atoms with Gasteiger partial charge < -0.3 is 14.7 Å². The Morgan fingerprint density at radius 1 is 1.30 bits per heavy atom. The minimum Gasteiger partial charge on any atom is -0.497 e. The normalized spacial score (nSPS) is 24.9. The number of carboxylic acids is 1. The molecular weight excluding hydrogens is 292 g/mol. The Hall–Kier alpha value is -1.59. The predicted octanol–water partition coefficient (Wildman–Crippen LogP) is 1.92. The van der Waals surface area contributed by atoms with Crippen molar-refractivity contribution in [2.45, 2.75) is 19.4 Å². The van der Waals surface area contributed by atoms with Gasteiger partial charge >= 0.3 is 5.97 Å². The molecule has 0 aliphatic carbocycles. The topological polar surface area (TPSA) is 53.0 Å². The third-order valence-electron chi connectivity index (χ3n) is 5.56. The molecule has 23 heavy (non-hydrogen) atoms. The van der Waals surface area contributed by atoms with Gasteiger partial charge in [-0.3, -0.25) is 9.69 Å². The molecule has 2 aliphatic rings. The van der Waals surface area contributed by atoms with E-state index in [0.29, 0.717) is 6.54 Å². The molecule has 1 spiro atoms. The van der Waals surface area contributed by atoms with Crippen LogP contribution in [0.2, 0.25) is 0 Å². The van der Waals surface area contributed by atoms with Crippen molar-refractivity contribution in [2.24, 2.45) is 11.3 Å². The van der Waals surface area contributed by atoms with E-state index in [1.165, 1.54) is 5.56 Å². The lowest BCUT2D eigenvalue weighted by molar-refractivity contribution is -0.145. The summed E-state index contributed by atoms with van der Waals surface area (Å²) in [6.07, 6.45) is 1.97. The van der Waals surface area contributed by atoms with E-state index in [-0.39, 0.29) is 11.3 Å². The van der Waals surface area contributed by atoms with Crippen molar-refractivity contribution in [1.82, 2.24) is 9.80 Å². The molecule has 5 heteroatoms. The van der Waals surface area contributed by atoms with Gasteiger partial charge in [-0.2, -0.15) is 0 Å². The van der Waals surface area contributed by atoms with Gasteiger partial charge in [-0.05, 0) is 50.7 Å². The van der Waals surface area contributed by atoms with Gasteiger partial charge in [-0.1, -0.05) is 12.1 Å². The summed E-state index contributed by atoms with van der Waals surface area (Å²) in [6, 6.07) is 8.05. The van der Waals surface area contributed by atoms with Gasteiger partial charge in [-0.15, -0.1) is 0 Å². The Labute approximate surface area is 137 Å². The van der Waals surface area contributed by atoms with E-state index in [9.17, 15) is 9.90 Å². The number of hydrogen-bond acceptors (Lipinski definition) is 4. The monoisotopic (exact) mass is 318 g/mol. The molecule has 2 aliphatic heterocycles. The third-order valence-corrected chi connectivity index (χ3v) is 5.56. The molecule has 1 aromatic rings. The second kappa shape index (κ2) is 6.49. The standard InChI is InChI=1S/C18H26N2O3/c1-19-9-7-18(8-10-19)13-20(12-16(18)17(21)22)11-14-3-5-15(23-2)6-4-14/h3-6,16H,7-13H2,1-2H3,(H,21,22)/t16-/m0/s1. The number of nitrogens with zero attached hydrogens (tertiary/aromatic N) is 2. The molecule has 1 atom stereocenters. The lowest BCUT2D eigenvalue weighted by Gasteiger charge is -2.40. The van der Waals surface area contributed by atoms with Crippen LogP contribution in [0, 0.1) is 11.3 Å². The van der Waals surface area contributed by atoms with Gasteiger partial charge in [0.1, 0.15) is 5.75 Å². The van der Waals surface area contributed by atoms with Crippen LogP contribution in [0.25, 0.3) is 0 Å². The van der Waals surface area contributed by atoms with Crippen molar-refractivity contribution in [3.63, 3.8) is 0 Å². The van der Waals surface area contributed by atoms with E-state index >= 15 is 0 Å². The average Bonchev–Trinajstić information content (AvgIpc) is 2.90. The van der Waals surface area contributed by atoms with E-state index in [0.717, 1.165) is 44.8 Å². The Balaban J connectivity index is 1.71. The van der Waals surface area contributed by atoms with Gasteiger partial charge in [0.25, 0.3) is 0 Å². The number of methoxy groups -OCH3 is 1. The summed E-state index contributed by atoms with van der Waals surface area (Å²) in [6.45, 7) is 4.36. The molecule has 1 aromatic carbocycles. The maximum Gasteiger partial charge on any atom is 0.308 e. The molecule has 0 saturated carbocycles. The summed E-state index contributed by atoms with van der Waals surface area (Å²) in [4.78, 5) is 16.4. The van der Waals surface area contributed by atoms with Crippen LogP contribution < -0.4 is 4.74 Å². The zero-order valence-electron chi connectivity index (χ0n) is 14.0. The van der Waals surface area contributed by atoms with Gasteiger partial charge in [0.15, 0.2) is 0 Å². The highest BCUT2D eigenvalue weighted by Gasteiger charge is 2.50. The number of carboxylic acid groups (broad SMARTS) is 1. The van der Waals surface area contributed by atoms with E-state index in [4.69, 9.17) is 4.74 Å². The van der Waals surface area contributed by atoms with Gasteiger partial charge in [0.05, 0.1) is 13.0 Å². The molecule has 0 unspecified atom stereocenters. The number of likely N-dealkylation sites (tertiary alicyclic amines) is 2. The molecule has 0 aromatic heterocycles. The van der Waals surface area contributed by atoms with E-state index in [1.54, 1.807) is 7.11 Å². The number of ether oxygens (including phenoxy) is 1. The first-order valence-corrected chi connectivity index (χ1v) is 8.29. The molecule has 2 saturated heterocycles. The van der Waals surface area contributed by atoms with Crippen LogP contribution in [-0.4, -0.2) is 61.2 Å². The Morgan fingerprint density at radius 2 is 1.96 bits per heavy atom. The van der Waals surface area contributed by atoms with Crippen molar-refractivity contribution >= 4 is 5.97 Å². The van der Waals surface area contributed by atoms with Gasteiger partial charge in [0, 0.05) is 25.0 Å². The number of rotatable bonds is 4. The van der Waals surface area contributed by atoms with E-state index in [2.05, 4.69) is 29.0 Å². The predicted molar refractivity (Wildman–Crippen MR) is 88.6 cm³/mol. The number of benzene rings is 1. The van der Waals surface area contributed by atoms with Crippen LogP contribution in [0.3, 0.4) is 0 Å². The minimum absolute atomic E-state index is 0.0508. The largest absolute Gasteiger partial charge is 0.497 e. The first-order chi connectivity index (χ1) is 11.0. The maximum absolute atomic E-state index is 11.8. The second-order valence-corrected chi connectivity index (χ2v) is 7.07. The quantitative estimate of drug-likeness (QED) is 0.919. The summed E-state index contributed by atoms with van der Waals surface area (Å²) < 4.78 is 5.19. The maximum atomic E-state index is 11.8. The summed E-state index contributed by atoms with van der Waals surface area (Å²) in [7, 11) is 3.78. The van der Waals surface area contributed by atoms with Crippen molar-refractivity contribution in [1.29, 1.82) is 0 Å².